The van der Waals surface area contributed by atoms with Gasteiger partial charge in [-0.05, 0) is 82.7 Å². The second-order valence-electron chi connectivity index (χ2n) is 10.9. The van der Waals surface area contributed by atoms with Gasteiger partial charge in [0, 0.05) is 15.6 Å². The van der Waals surface area contributed by atoms with Crippen LogP contribution < -0.4 is 24.4 Å². The molecule has 1 aliphatic rings. The lowest BCUT2D eigenvalue weighted by molar-refractivity contribution is -0.139. The minimum atomic E-state index is -0.807. The summed E-state index contributed by atoms with van der Waals surface area (Å²) in [6.07, 6.45) is 1.64. The minimum absolute atomic E-state index is 0.131. The van der Waals surface area contributed by atoms with Crippen molar-refractivity contribution < 1.29 is 28.5 Å². The number of allylic oxidation sites excluding steroid dienone is 1. The summed E-state index contributed by atoms with van der Waals surface area (Å²) in [6, 6.07) is 19.2. The molecule has 0 spiro atoms. The Morgan fingerprint density at radius 3 is 2.38 bits per heavy atom. The highest BCUT2D eigenvalue weighted by atomic mass is 79.9. The molecule has 1 aliphatic heterocycles. The monoisotopic (exact) mass is 718 g/mol. The summed E-state index contributed by atoms with van der Waals surface area (Å²) >= 11 is 4.77. The number of thiazole rings is 1. The Morgan fingerprint density at radius 2 is 1.68 bits per heavy atom. The molecule has 9 nitrogen and oxygen atoms in total. The Hall–Kier alpha value is -4.48. The summed E-state index contributed by atoms with van der Waals surface area (Å²) < 4.78 is 25.6. The molecule has 0 saturated carbocycles. The van der Waals surface area contributed by atoms with Crippen LogP contribution in [0.4, 0.5) is 0 Å². The van der Waals surface area contributed by atoms with E-state index in [-0.39, 0.29) is 36.4 Å². The maximum Gasteiger partial charge on any atom is 0.338 e. The van der Waals surface area contributed by atoms with E-state index < -0.39 is 12.0 Å². The SMILES string of the molecule is CCOC(=O)C1=C(C)N=c2s/c(=C\c3cc(Br)ccc3OCc3ccc(C(=O)OCC)cc3)c(=O)n2[C@@H]1c1ccccc1OC(C)C. The fraction of sp³-hybridized carbons (Fsp3) is 0.278. The Bertz CT molecular complexity index is 2010. The van der Waals surface area contributed by atoms with E-state index in [1.54, 1.807) is 43.5 Å². The van der Waals surface area contributed by atoms with Crippen LogP contribution in [0.2, 0.25) is 0 Å². The van der Waals surface area contributed by atoms with Gasteiger partial charge in [0.15, 0.2) is 4.80 Å². The molecular formula is C36H35BrN2O7S. The van der Waals surface area contributed by atoms with Gasteiger partial charge in [0.1, 0.15) is 24.1 Å². The van der Waals surface area contributed by atoms with Gasteiger partial charge in [-0.2, -0.15) is 0 Å². The molecule has 244 valence electrons. The summed E-state index contributed by atoms with van der Waals surface area (Å²) in [7, 11) is 0. The van der Waals surface area contributed by atoms with Gasteiger partial charge in [0.05, 0.1) is 40.7 Å². The molecule has 0 unspecified atom stereocenters. The van der Waals surface area contributed by atoms with Crippen molar-refractivity contribution in [1.29, 1.82) is 0 Å². The van der Waals surface area contributed by atoms with Crippen LogP contribution >= 0.6 is 27.3 Å². The van der Waals surface area contributed by atoms with Crippen molar-refractivity contribution >= 4 is 45.3 Å². The minimum Gasteiger partial charge on any atom is -0.491 e. The molecule has 0 N–H and O–H groups in total. The number of nitrogens with zero attached hydrogens (tertiary/aromatic N) is 2. The van der Waals surface area contributed by atoms with E-state index in [9.17, 15) is 14.4 Å². The van der Waals surface area contributed by atoms with E-state index in [0.29, 0.717) is 49.8 Å². The van der Waals surface area contributed by atoms with Gasteiger partial charge >= 0.3 is 11.9 Å². The number of carbonyl (C=O) groups excluding carboxylic acids is 2. The van der Waals surface area contributed by atoms with Gasteiger partial charge in [0.2, 0.25) is 0 Å². The number of fused-ring (bicyclic) bond motifs is 1. The number of carbonyl (C=O) groups is 2. The number of ether oxygens (including phenoxy) is 4. The zero-order chi connectivity index (χ0) is 33.7. The first-order valence-electron chi connectivity index (χ1n) is 15.2. The number of para-hydroxylation sites is 1. The molecule has 3 aromatic carbocycles. The Morgan fingerprint density at radius 1 is 0.979 bits per heavy atom. The van der Waals surface area contributed by atoms with Crippen LogP contribution in [0.1, 0.15) is 67.7 Å². The number of esters is 2. The fourth-order valence-corrected chi connectivity index (χ4v) is 6.59. The molecular weight excluding hydrogens is 684 g/mol. The molecule has 0 aliphatic carbocycles. The molecule has 0 amide bonds. The lowest BCUT2D eigenvalue weighted by Gasteiger charge is -2.26. The molecule has 2 heterocycles. The number of hydrogen-bond acceptors (Lipinski definition) is 9. The molecule has 1 aromatic heterocycles. The normalized spacial score (nSPS) is 14.4. The third kappa shape index (κ3) is 7.58. The maximum absolute atomic E-state index is 14.3. The van der Waals surface area contributed by atoms with Crippen molar-refractivity contribution in [2.45, 2.75) is 53.4 Å². The van der Waals surface area contributed by atoms with E-state index in [1.165, 1.54) is 11.3 Å². The van der Waals surface area contributed by atoms with Gasteiger partial charge in [-0.25, -0.2) is 14.6 Å². The lowest BCUT2D eigenvalue weighted by Crippen LogP contribution is -2.40. The third-order valence-corrected chi connectivity index (χ3v) is 8.69. The van der Waals surface area contributed by atoms with E-state index in [4.69, 9.17) is 23.9 Å². The standard InChI is InChI=1S/C36H35BrN2O7S/c1-6-43-34(41)24-14-12-23(13-15-24)20-45-28-17-16-26(37)18-25(28)19-30-33(40)39-32(27-10-8-9-11-29(27)46-21(3)4)31(35(42)44-7-2)22(5)38-36(39)47-30/h8-19,21,32H,6-7,20H2,1-5H3/b30-19-/t32-/m1/s1. The summed E-state index contributed by atoms with van der Waals surface area (Å²) in [6.45, 7) is 9.82. The van der Waals surface area contributed by atoms with Gasteiger partial charge in [-0.15, -0.1) is 0 Å². The van der Waals surface area contributed by atoms with Crippen LogP contribution in [-0.4, -0.2) is 35.8 Å². The van der Waals surface area contributed by atoms with Crippen molar-refractivity contribution in [2.75, 3.05) is 13.2 Å². The van der Waals surface area contributed by atoms with Crippen molar-refractivity contribution in [3.8, 4) is 11.5 Å². The molecule has 0 fully saturated rings. The number of halogens is 1. The first-order valence-corrected chi connectivity index (χ1v) is 16.9. The predicted molar refractivity (Wildman–Crippen MR) is 183 cm³/mol. The average molecular weight is 720 g/mol. The van der Waals surface area contributed by atoms with E-state index in [2.05, 4.69) is 15.9 Å². The molecule has 0 saturated heterocycles. The van der Waals surface area contributed by atoms with Gasteiger partial charge in [-0.3, -0.25) is 9.36 Å². The van der Waals surface area contributed by atoms with Crippen molar-refractivity contribution in [2.24, 2.45) is 4.99 Å². The topological polar surface area (TPSA) is 105 Å². The molecule has 0 bridgehead atoms. The van der Waals surface area contributed by atoms with E-state index in [0.717, 1.165) is 10.0 Å². The van der Waals surface area contributed by atoms with Gasteiger partial charge in [-0.1, -0.05) is 57.6 Å². The van der Waals surface area contributed by atoms with Crippen molar-refractivity contribution in [3.63, 3.8) is 0 Å². The molecule has 1 atom stereocenters. The number of benzene rings is 3. The lowest BCUT2D eigenvalue weighted by atomic mass is 9.95. The quantitative estimate of drug-likeness (QED) is 0.173. The van der Waals surface area contributed by atoms with Gasteiger partial charge in [0.25, 0.3) is 5.56 Å². The van der Waals surface area contributed by atoms with Crippen LogP contribution in [0.25, 0.3) is 6.08 Å². The Balaban J connectivity index is 1.57. The summed E-state index contributed by atoms with van der Waals surface area (Å²) in [5.74, 6) is 0.213. The zero-order valence-electron chi connectivity index (χ0n) is 26.7. The number of aromatic nitrogens is 1. The van der Waals surface area contributed by atoms with Crippen molar-refractivity contribution in [1.82, 2.24) is 4.57 Å². The van der Waals surface area contributed by atoms with Crippen LogP contribution in [0, 0.1) is 0 Å². The zero-order valence-corrected chi connectivity index (χ0v) is 29.1. The first-order chi connectivity index (χ1) is 22.6. The van der Waals surface area contributed by atoms with Crippen LogP contribution in [0.3, 0.4) is 0 Å². The highest BCUT2D eigenvalue weighted by Gasteiger charge is 2.35. The Labute approximate surface area is 284 Å². The van der Waals surface area contributed by atoms with Gasteiger partial charge < -0.3 is 18.9 Å². The molecule has 11 heteroatoms. The number of rotatable bonds is 11. The largest absolute Gasteiger partial charge is 0.491 e. The maximum atomic E-state index is 14.3. The molecule has 5 rings (SSSR count). The molecule has 47 heavy (non-hydrogen) atoms. The summed E-state index contributed by atoms with van der Waals surface area (Å²) in [5, 5.41) is 0. The van der Waals surface area contributed by atoms with E-state index in [1.807, 2.05) is 68.4 Å². The van der Waals surface area contributed by atoms with E-state index >= 15 is 0 Å². The third-order valence-electron chi connectivity index (χ3n) is 7.21. The second kappa shape index (κ2) is 15.0. The van der Waals surface area contributed by atoms with Crippen molar-refractivity contribution in [3.05, 3.63) is 124 Å². The second-order valence-corrected chi connectivity index (χ2v) is 12.8. The fourth-order valence-electron chi connectivity index (χ4n) is 5.17. The Kier molecular flexibility index (Phi) is 10.8. The molecule has 0 radical (unpaired) electrons. The smallest absolute Gasteiger partial charge is 0.338 e. The first kappa shape index (κ1) is 33.9. The highest BCUT2D eigenvalue weighted by Crippen LogP contribution is 2.36. The van der Waals surface area contributed by atoms with Crippen LogP contribution in [-0.2, 0) is 20.9 Å². The molecule has 4 aromatic rings. The number of hydrogen-bond donors (Lipinski definition) is 0. The summed E-state index contributed by atoms with van der Waals surface area (Å²) in [4.78, 5) is 44.8. The average Bonchev–Trinajstić information content (AvgIpc) is 3.34. The summed E-state index contributed by atoms with van der Waals surface area (Å²) in [5.41, 5.74) is 3.10. The predicted octanol–water partition coefficient (Wildman–Crippen LogP) is 6.10. The highest BCUT2D eigenvalue weighted by molar-refractivity contribution is 9.10. The van der Waals surface area contributed by atoms with Crippen LogP contribution in [0.5, 0.6) is 11.5 Å². The van der Waals surface area contributed by atoms with Crippen LogP contribution in [0.15, 0.2) is 92.3 Å².